The van der Waals surface area contributed by atoms with E-state index < -0.39 is 0 Å². The third-order valence-corrected chi connectivity index (χ3v) is 4.73. The van der Waals surface area contributed by atoms with Crippen molar-refractivity contribution in [1.82, 2.24) is 20.1 Å². The SMILES string of the molecule is O=C(Nc1ccccc1N1CCCC1)N1CCOC[C@H]1c1ncn[nH]1. The van der Waals surface area contributed by atoms with Crippen molar-refractivity contribution >= 4 is 17.4 Å². The number of nitrogens with zero attached hydrogens (tertiary/aromatic N) is 4. The average molecular weight is 342 g/mol. The van der Waals surface area contributed by atoms with Crippen molar-refractivity contribution < 1.29 is 9.53 Å². The fourth-order valence-electron chi connectivity index (χ4n) is 3.45. The molecule has 2 aliphatic rings. The largest absolute Gasteiger partial charge is 0.377 e. The number of morpholine rings is 1. The molecule has 25 heavy (non-hydrogen) atoms. The summed E-state index contributed by atoms with van der Waals surface area (Å²) in [5.41, 5.74) is 1.93. The van der Waals surface area contributed by atoms with Crippen LogP contribution < -0.4 is 10.2 Å². The molecule has 2 amide bonds. The molecule has 132 valence electrons. The summed E-state index contributed by atoms with van der Waals surface area (Å²) >= 11 is 0. The van der Waals surface area contributed by atoms with Crippen LogP contribution in [0.15, 0.2) is 30.6 Å². The number of aromatic amines is 1. The lowest BCUT2D eigenvalue weighted by molar-refractivity contribution is 0.0118. The van der Waals surface area contributed by atoms with E-state index >= 15 is 0 Å². The molecule has 4 rings (SSSR count). The minimum Gasteiger partial charge on any atom is -0.377 e. The third-order valence-electron chi connectivity index (χ3n) is 4.73. The van der Waals surface area contributed by atoms with E-state index in [1.807, 2.05) is 18.2 Å². The van der Waals surface area contributed by atoms with Gasteiger partial charge in [0.2, 0.25) is 0 Å². The van der Waals surface area contributed by atoms with Gasteiger partial charge < -0.3 is 19.9 Å². The molecule has 0 radical (unpaired) electrons. The van der Waals surface area contributed by atoms with Gasteiger partial charge in [0.25, 0.3) is 0 Å². The van der Waals surface area contributed by atoms with Gasteiger partial charge in [-0.05, 0) is 25.0 Å². The van der Waals surface area contributed by atoms with E-state index in [1.165, 1.54) is 19.2 Å². The van der Waals surface area contributed by atoms with Crippen molar-refractivity contribution in [2.24, 2.45) is 0 Å². The fraction of sp³-hybridized carbons (Fsp3) is 0.471. The Kier molecular flexibility index (Phi) is 4.51. The van der Waals surface area contributed by atoms with Gasteiger partial charge in [0.15, 0.2) is 0 Å². The third kappa shape index (κ3) is 3.30. The fourth-order valence-corrected chi connectivity index (χ4v) is 3.45. The molecule has 2 fully saturated rings. The summed E-state index contributed by atoms with van der Waals surface area (Å²) in [6, 6.07) is 7.58. The normalized spacial score (nSPS) is 20.7. The summed E-state index contributed by atoms with van der Waals surface area (Å²) in [7, 11) is 0. The molecule has 3 heterocycles. The summed E-state index contributed by atoms with van der Waals surface area (Å²) in [6.07, 6.45) is 3.83. The summed E-state index contributed by atoms with van der Waals surface area (Å²) < 4.78 is 5.52. The predicted molar refractivity (Wildman–Crippen MR) is 93.6 cm³/mol. The van der Waals surface area contributed by atoms with Gasteiger partial charge in [-0.25, -0.2) is 9.78 Å². The number of hydrogen-bond acceptors (Lipinski definition) is 5. The molecule has 1 aromatic heterocycles. The van der Waals surface area contributed by atoms with Crippen LogP contribution in [0.3, 0.4) is 0 Å². The molecular formula is C17H22N6O2. The highest BCUT2D eigenvalue weighted by Gasteiger charge is 2.31. The highest BCUT2D eigenvalue weighted by atomic mass is 16.5. The smallest absolute Gasteiger partial charge is 0.322 e. The Labute approximate surface area is 146 Å². The van der Waals surface area contributed by atoms with E-state index in [0.29, 0.717) is 25.6 Å². The minimum atomic E-state index is -0.254. The number of benzene rings is 1. The van der Waals surface area contributed by atoms with E-state index in [4.69, 9.17) is 4.74 Å². The van der Waals surface area contributed by atoms with Crippen LogP contribution in [0.4, 0.5) is 16.2 Å². The topological polar surface area (TPSA) is 86.4 Å². The van der Waals surface area contributed by atoms with E-state index in [-0.39, 0.29) is 12.1 Å². The first-order chi connectivity index (χ1) is 12.3. The maximum Gasteiger partial charge on any atom is 0.322 e. The van der Waals surface area contributed by atoms with Gasteiger partial charge in [0.1, 0.15) is 18.2 Å². The van der Waals surface area contributed by atoms with E-state index in [9.17, 15) is 4.79 Å². The molecule has 2 aromatic rings. The molecule has 0 bridgehead atoms. The van der Waals surface area contributed by atoms with Crippen LogP contribution in [-0.4, -0.2) is 59.0 Å². The van der Waals surface area contributed by atoms with Gasteiger partial charge >= 0.3 is 6.03 Å². The maximum atomic E-state index is 12.9. The molecular weight excluding hydrogens is 320 g/mol. The first-order valence-electron chi connectivity index (χ1n) is 8.67. The number of nitrogens with one attached hydrogen (secondary N) is 2. The molecule has 2 saturated heterocycles. The van der Waals surface area contributed by atoms with Crippen LogP contribution >= 0.6 is 0 Å². The second-order valence-corrected chi connectivity index (χ2v) is 6.30. The van der Waals surface area contributed by atoms with Gasteiger partial charge in [-0.1, -0.05) is 12.1 Å². The molecule has 8 nitrogen and oxygen atoms in total. The van der Waals surface area contributed by atoms with Crippen molar-refractivity contribution in [1.29, 1.82) is 0 Å². The number of anilines is 2. The molecule has 8 heteroatoms. The van der Waals surface area contributed by atoms with Gasteiger partial charge in [-0.2, -0.15) is 5.10 Å². The van der Waals surface area contributed by atoms with Gasteiger partial charge in [0, 0.05) is 19.6 Å². The van der Waals surface area contributed by atoms with Crippen molar-refractivity contribution in [3.05, 3.63) is 36.4 Å². The van der Waals surface area contributed by atoms with Crippen LogP contribution in [0.2, 0.25) is 0 Å². The Hall–Kier alpha value is -2.61. The van der Waals surface area contributed by atoms with E-state index in [0.717, 1.165) is 24.5 Å². The Bertz CT molecular complexity index is 714. The van der Waals surface area contributed by atoms with Crippen LogP contribution in [0.25, 0.3) is 0 Å². The molecule has 2 N–H and O–H groups in total. The number of carbonyl (C=O) groups excluding carboxylic acids is 1. The zero-order chi connectivity index (χ0) is 17.1. The number of urea groups is 1. The molecule has 0 spiro atoms. The second-order valence-electron chi connectivity index (χ2n) is 6.30. The van der Waals surface area contributed by atoms with Gasteiger partial charge in [-0.3, -0.25) is 5.10 Å². The van der Waals surface area contributed by atoms with Crippen LogP contribution in [-0.2, 0) is 4.74 Å². The number of para-hydroxylation sites is 2. The lowest BCUT2D eigenvalue weighted by Crippen LogP contribution is -2.46. The Morgan fingerprint density at radius 3 is 2.88 bits per heavy atom. The van der Waals surface area contributed by atoms with E-state index in [1.54, 1.807) is 4.90 Å². The monoisotopic (exact) mass is 342 g/mol. The predicted octanol–water partition coefficient (Wildman–Crippen LogP) is 2.01. The number of hydrogen-bond donors (Lipinski definition) is 2. The van der Waals surface area contributed by atoms with Crippen LogP contribution in [0.1, 0.15) is 24.7 Å². The number of ether oxygens (including phenoxy) is 1. The standard InChI is InChI=1S/C17H22N6O2/c24-17(23-9-10-25-11-15(23)16-18-12-19-21-16)20-13-5-1-2-6-14(13)22-7-3-4-8-22/h1-2,5-6,12,15H,3-4,7-11H2,(H,20,24)(H,18,19,21)/t15-/m0/s1. The van der Waals surface area contributed by atoms with Crippen molar-refractivity contribution in [3.63, 3.8) is 0 Å². The quantitative estimate of drug-likeness (QED) is 0.891. The molecule has 1 atom stereocenters. The number of carbonyl (C=O) groups is 1. The van der Waals surface area contributed by atoms with Gasteiger partial charge in [0.05, 0.1) is 24.6 Å². The number of H-pyrrole nitrogens is 1. The summed E-state index contributed by atoms with van der Waals surface area (Å²) in [4.78, 5) is 21.2. The van der Waals surface area contributed by atoms with Gasteiger partial charge in [-0.15, -0.1) is 0 Å². The minimum absolute atomic E-state index is 0.142. The summed E-state index contributed by atoms with van der Waals surface area (Å²) in [5, 5.41) is 9.80. The Balaban J connectivity index is 1.53. The maximum absolute atomic E-state index is 12.9. The van der Waals surface area contributed by atoms with Crippen LogP contribution in [0, 0.1) is 0 Å². The summed E-state index contributed by atoms with van der Waals surface area (Å²) in [6.45, 7) is 3.52. The average Bonchev–Trinajstić information content (AvgIpc) is 3.36. The first-order valence-corrected chi connectivity index (χ1v) is 8.67. The summed E-state index contributed by atoms with van der Waals surface area (Å²) in [5.74, 6) is 0.641. The Morgan fingerprint density at radius 2 is 2.08 bits per heavy atom. The zero-order valence-electron chi connectivity index (χ0n) is 14.0. The molecule has 0 unspecified atom stereocenters. The molecule has 2 aliphatic heterocycles. The molecule has 0 aliphatic carbocycles. The molecule has 0 saturated carbocycles. The Morgan fingerprint density at radius 1 is 1.24 bits per heavy atom. The highest BCUT2D eigenvalue weighted by Crippen LogP contribution is 2.30. The first kappa shape index (κ1) is 15.9. The second kappa shape index (κ2) is 7.10. The van der Waals surface area contributed by atoms with Crippen LogP contribution in [0.5, 0.6) is 0 Å². The number of aromatic nitrogens is 3. The molecule has 1 aromatic carbocycles. The van der Waals surface area contributed by atoms with Crippen molar-refractivity contribution in [2.75, 3.05) is 43.1 Å². The lowest BCUT2D eigenvalue weighted by Gasteiger charge is -2.34. The number of rotatable bonds is 3. The zero-order valence-corrected chi connectivity index (χ0v) is 14.0. The highest BCUT2D eigenvalue weighted by molar-refractivity contribution is 5.93. The van der Waals surface area contributed by atoms with Crippen molar-refractivity contribution in [2.45, 2.75) is 18.9 Å². The lowest BCUT2D eigenvalue weighted by atomic mass is 10.2. The number of amides is 2. The van der Waals surface area contributed by atoms with E-state index in [2.05, 4.69) is 31.5 Å². The van der Waals surface area contributed by atoms with Crippen molar-refractivity contribution in [3.8, 4) is 0 Å².